The first-order valence-electron chi connectivity index (χ1n) is 5.00. The van der Waals surface area contributed by atoms with E-state index >= 15 is 0 Å². The van der Waals surface area contributed by atoms with Gasteiger partial charge >= 0.3 is 6.03 Å². The molecule has 0 radical (unpaired) electrons. The molecular weight excluding hydrogens is 220 g/mol. The van der Waals surface area contributed by atoms with Crippen molar-refractivity contribution in [2.45, 2.75) is 13.8 Å². The highest BCUT2D eigenvalue weighted by molar-refractivity contribution is 5.99. The number of nitrogens with zero attached hydrogens (tertiary/aromatic N) is 1. The van der Waals surface area contributed by atoms with E-state index in [1.54, 1.807) is 7.11 Å². The second-order valence-corrected chi connectivity index (χ2v) is 3.60. The summed E-state index contributed by atoms with van der Waals surface area (Å²) in [5, 5.41) is 2.62. The van der Waals surface area contributed by atoms with Crippen molar-refractivity contribution in [1.29, 1.82) is 0 Å². The molecule has 1 aromatic carbocycles. The van der Waals surface area contributed by atoms with E-state index in [4.69, 9.17) is 16.2 Å². The van der Waals surface area contributed by atoms with Crippen molar-refractivity contribution in [1.82, 2.24) is 0 Å². The van der Waals surface area contributed by atoms with Gasteiger partial charge in [-0.05, 0) is 37.1 Å². The first-order chi connectivity index (χ1) is 7.93. The summed E-state index contributed by atoms with van der Waals surface area (Å²) in [5.41, 5.74) is 12.7. The molecule has 0 atom stereocenters. The van der Waals surface area contributed by atoms with Gasteiger partial charge in [0.05, 0.1) is 7.11 Å². The number of ether oxygens (including phenoxy) is 1. The van der Waals surface area contributed by atoms with Crippen LogP contribution in [0.25, 0.3) is 0 Å². The zero-order valence-electron chi connectivity index (χ0n) is 10.1. The van der Waals surface area contributed by atoms with Crippen LogP contribution in [0.2, 0.25) is 0 Å². The summed E-state index contributed by atoms with van der Waals surface area (Å²) in [5.74, 6) is 0.464. The van der Waals surface area contributed by atoms with Crippen LogP contribution in [0, 0.1) is 13.8 Å². The third-order valence-corrected chi connectivity index (χ3v) is 2.20. The van der Waals surface area contributed by atoms with Crippen LogP contribution in [-0.2, 0) is 0 Å². The highest BCUT2D eigenvalue weighted by atomic mass is 16.5. The lowest BCUT2D eigenvalue weighted by atomic mass is 10.1. The molecule has 6 nitrogen and oxygen atoms in total. The molecular formula is C11H16N4O2. The summed E-state index contributed by atoms with van der Waals surface area (Å²) in [6.07, 6.45) is 0. The molecule has 0 aromatic heterocycles. The summed E-state index contributed by atoms with van der Waals surface area (Å²) < 4.78 is 5.12. The Kier molecular flexibility index (Phi) is 3.92. The summed E-state index contributed by atoms with van der Waals surface area (Å²) in [4.78, 5) is 14.8. The van der Waals surface area contributed by atoms with E-state index in [0.717, 1.165) is 16.9 Å². The van der Waals surface area contributed by atoms with Gasteiger partial charge in [-0.3, -0.25) is 0 Å². The van der Waals surface area contributed by atoms with E-state index in [0.29, 0.717) is 5.69 Å². The van der Waals surface area contributed by atoms with Gasteiger partial charge in [0.15, 0.2) is 5.96 Å². The number of benzene rings is 1. The molecule has 92 valence electrons. The fourth-order valence-electron chi connectivity index (χ4n) is 1.49. The number of nitrogens with one attached hydrogen (secondary N) is 1. The number of hydrogen-bond acceptors (Lipinski definition) is 2. The summed E-state index contributed by atoms with van der Waals surface area (Å²) >= 11 is 0. The Labute approximate surface area is 99.7 Å². The zero-order chi connectivity index (χ0) is 13.0. The number of amides is 2. The van der Waals surface area contributed by atoms with E-state index < -0.39 is 6.03 Å². The molecule has 0 saturated heterocycles. The number of urea groups is 1. The monoisotopic (exact) mass is 236 g/mol. The van der Waals surface area contributed by atoms with Crippen LogP contribution < -0.4 is 21.5 Å². The molecule has 0 bridgehead atoms. The van der Waals surface area contributed by atoms with E-state index in [1.807, 2.05) is 26.0 Å². The predicted molar refractivity (Wildman–Crippen MR) is 67.3 cm³/mol. The number of carbonyl (C=O) groups excluding carboxylic acids is 1. The zero-order valence-corrected chi connectivity index (χ0v) is 10.1. The first-order valence-corrected chi connectivity index (χ1v) is 5.00. The lowest BCUT2D eigenvalue weighted by Crippen LogP contribution is -2.25. The van der Waals surface area contributed by atoms with Gasteiger partial charge < -0.3 is 21.5 Å². The topological polar surface area (TPSA) is 103 Å². The van der Waals surface area contributed by atoms with Gasteiger partial charge in [0.2, 0.25) is 0 Å². The third kappa shape index (κ3) is 3.37. The van der Waals surface area contributed by atoms with E-state index in [2.05, 4.69) is 10.3 Å². The highest BCUT2D eigenvalue weighted by Gasteiger charge is 2.08. The normalized spacial score (nSPS) is 9.59. The van der Waals surface area contributed by atoms with Crippen molar-refractivity contribution >= 4 is 17.7 Å². The van der Waals surface area contributed by atoms with Crippen LogP contribution in [0.15, 0.2) is 17.1 Å². The number of methoxy groups -OCH3 is 1. The van der Waals surface area contributed by atoms with E-state index in [1.165, 1.54) is 0 Å². The van der Waals surface area contributed by atoms with Crippen LogP contribution in [0.3, 0.4) is 0 Å². The van der Waals surface area contributed by atoms with Crippen molar-refractivity contribution < 1.29 is 9.53 Å². The second kappa shape index (κ2) is 5.20. The molecule has 0 unspecified atom stereocenters. The minimum absolute atomic E-state index is 0.272. The Bertz CT molecular complexity index is 442. The number of anilines is 1. The molecule has 0 spiro atoms. The van der Waals surface area contributed by atoms with Crippen molar-refractivity contribution in [2.24, 2.45) is 16.5 Å². The fourth-order valence-corrected chi connectivity index (χ4v) is 1.49. The van der Waals surface area contributed by atoms with Crippen molar-refractivity contribution in [3.05, 3.63) is 23.3 Å². The van der Waals surface area contributed by atoms with Gasteiger partial charge in [0.1, 0.15) is 5.75 Å². The first kappa shape index (κ1) is 12.8. The van der Waals surface area contributed by atoms with Crippen molar-refractivity contribution in [3.8, 4) is 5.75 Å². The van der Waals surface area contributed by atoms with Gasteiger partial charge in [-0.2, -0.15) is 4.99 Å². The van der Waals surface area contributed by atoms with E-state index in [9.17, 15) is 4.79 Å². The average molecular weight is 236 g/mol. The quantitative estimate of drug-likeness (QED) is 0.528. The summed E-state index contributed by atoms with van der Waals surface area (Å²) in [6.45, 7) is 3.72. The largest absolute Gasteiger partial charge is 0.497 e. The van der Waals surface area contributed by atoms with E-state index in [-0.39, 0.29) is 5.96 Å². The molecule has 0 saturated carbocycles. The van der Waals surface area contributed by atoms with Crippen LogP contribution in [0.1, 0.15) is 11.1 Å². The number of nitrogens with two attached hydrogens (primary N) is 2. The molecule has 6 heteroatoms. The van der Waals surface area contributed by atoms with Crippen molar-refractivity contribution in [2.75, 3.05) is 12.4 Å². The fraction of sp³-hybridized carbons (Fsp3) is 0.273. The summed E-state index contributed by atoms with van der Waals surface area (Å²) in [6, 6.07) is 3.04. The molecule has 1 aromatic rings. The molecule has 0 aliphatic carbocycles. The molecule has 0 heterocycles. The van der Waals surface area contributed by atoms with Gasteiger partial charge in [-0.15, -0.1) is 0 Å². The maximum absolute atomic E-state index is 11.4. The summed E-state index contributed by atoms with van der Waals surface area (Å²) in [7, 11) is 1.59. The Morgan fingerprint density at radius 1 is 1.29 bits per heavy atom. The molecule has 0 aliphatic heterocycles. The van der Waals surface area contributed by atoms with Crippen LogP contribution in [0.4, 0.5) is 10.5 Å². The minimum atomic E-state index is -0.596. The van der Waals surface area contributed by atoms with Gasteiger partial charge in [-0.25, -0.2) is 4.79 Å². The number of carbonyl (C=O) groups is 1. The number of aliphatic imine (C=N–C) groups is 1. The number of rotatable bonds is 2. The standard InChI is InChI=1S/C11H16N4O2/c1-6-4-8(17-3)5-7(2)9(6)14-11(16)15-10(12)13/h4-5H,1-3H3,(H5,12,13,14,15,16). The third-order valence-electron chi connectivity index (χ3n) is 2.20. The van der Waals surface area contributed by atoms with Crippen LogP contribution in [-0.4, -0.2) is 19.1 Å². The molecule has 0 aliphatic rings. The Morgan fingerprint density at radius 2 is 1.82 bits per heavy atom. The minimum Gasteiger partial charge on any atom is -0.497 e. The van der Waals surface area contributed by atoms with Crippen LogP contribution >= 0.6 is 0 Å². The second-order valence-electron chi connectivity index (χ2n) is 3.60. The molecule has 17 heavy (non-hydrogen) atoms. The lowest BCUT2D eigenvalue weighted by molar-refractivity contribution is 0.259. The van der Waals surface area contributed by atoms with Gasteiger partial charge in [0, 0.05) is 5.69 Å². The van der Waals surface area contributed by atoms with Gasteiger partial charge in [-0.1, -0.05) is 0 Å². The predicted octanol–water partition coefficient (Wildman–Crippen LogP) is 1.12. The highest BCUT2D eigenvalue weighted by Crippen LogP contribution is 2.26. The Hall–Kier alpha value is -2.24. The Balaban J connectivity index is 3.00. The Morgan fingerprint density at radius 3 is 2.24 bits per heavy atom. The number of guanidine groups is 1. The van der Waals surface area contributed by atoms with Crippen LogP contribution in [0.5, 0.6) is 5.75 Å². The number of aryl methyl sites for hydroxylation is 2. The molecule has 2 amide bonds. The van der Waals surface area contributed by atoms with Crippen molar-refractivity contribution in [3.63, 3.8) is 0 Å². The SMILES string of the molecule is COc1cc(C)c(NC(=O)N=C(N)N)c(C)c1. The van der Waals surface area contributed by atoms with Gasteiger partial charge in [0.25, 0.3) is 0 Å². The molecule has 5 N–H and O–H groups in total. The number of hydrogen-bond donors (Lipinski definition) is 3. The lowest BCUT2D eigenvalue weighted by Gasteiger charge is -2.11. The molecule has 1 rings (SSSR count). The average Bonchev–Trinajstić information content (AvgIpc) is 2.22. The maximum Gasteiger partial charge on any atom is 0.348 e. The smallest absolute Gasteiger partial charge is 0.348 e. The maximum atomic E-state index is 11.4. The molecule has 0 fully saturated rings.